The van der Waals surface area contributed by atoms with Crippen molar-refractivity contribution < 1.29 is 33.3 Å². The van der Waals surface area contributed by atoms with E-state index in [4.69, 9.17) is 18.6 Å². The summed E-state index contributed by atoms with van der Waals surface area (Å²) in [7, 11) is 0. The number of carbonyl (C=O) groups excluding carboxylic acids is 2. The highest BCUT2D eigenvalue weighted by Gasteiger charge is 2.77. The second-order valence-corrected chi connectivity index (χ2v) is 14.4. The number of allylic oxidation sites excluding steroid dienone is 1. The van der Waals surface area contributed by atoms with E-state index in [1.807, 2.05) is 24.5 Å². The Balaban J connectivity index is 1.34. The number of hydrogen-bond donors (Lipinski definition) is 1. The number of ether oxygens (including phenoxy) is 3. The Morgan fingerprint density at radius 1 is 1.02 bits per heavy atom. The van der Waals surface area contributed by atoms with E-state index in [9.17, 15) is 14.7 Å². The van der Waals surface area contributed by atoms with Crippen molar-refractivity contribution in [2.45, 2.75) is 90.6 Å². The molecule has 42 heavy (non-hydrogen) atoms. The maximum Gasteiger partial charge on any atom is 0.338 e. The summed E-state index contributed by atoms with van der Waals surface area (Å²) in [5.74, 6) is -0.603. The highest BCUT2D eigenvalue weighted by molar-refractivity contribution is 5.89. The molecule has 1 saturated heterocycles. The highest BCUT2D eigenvalue weighted by atomic mass is 16.6. The number of aliphatic hydroxyl groups is 1. The first-order chi connectivity index (χ1) is 20.0. The van der Waals surface area contributed by atoms with Gasteiger partial charge in [-0.15, -0.1) is 0 Å². The molecule has 11 atom stereocenters. The summed E-state index contributed by atoms with van der Waals surface area (Å²) in [6.07, 6.45) is 6.84. The summed E-state index contributed by atoms with van der Waals surface area (Å²) in [6, 6.07) is 11.1. The molecule has 4 aliphatic carbocycles. The molecular weight excluding hydrogens is 532 g/mol. The first kappa shape index (κ1) is 27.9. The molecule has 7 heteroatoms. The summed E-state index contributed by atoms with van der Waals surface area (Å²) in [5.41, 5.74) is 1.21. The van der Waals surface area contributed by atoms with Crippen LogP contribution in [0.25, 0.3) is 0 Å². The Bertz CT molecular complexity index is 1420. The van der Waals surface area contributed by atoms with Crippen LogP contribution in [0.4, 0.5) is 0 Å². The molecular formula is C35H42O7. The maximum absolute atomic E-state index is 13.6. The quantitative estimate of drug-likeness (QED) is 0.349. The van der Waals surface area contributed by atoms with Gasteiger partial charge in [0.1, 0.15) is 12.2 Å². The molecule has 0 radical (unpaired) electrons. The summed E-state index contributed by atoms with van der Waals surface area (Å²) < 4.78 is 24.5. The number of esters is 2. The fraction of sp³-hybridized carbons (Fsp3) is 0.600. The minimum absolute atomic E-state index is 0.0246. The minimum atomic E-state index is -0.752. The minimum Gasteiger partial charge on any atom is -0.472 e. The molecule has 3 saturated carbocycles. The average molecular weight is 575 g/mol. The van der Waals surface area contributed by atoms with Crippen molar-refractivity contribution in [3.05, 3.63) is 71.7 Å². The van der Waals surface area contributed by atoms with Gasteiger partial charge in [0.25, 0.3) is 0 Å². The monoisotopic (exact) mass is 574 g/mol. The Morgan fingerprint density at radius 3 is 2.48 bits per heavy atom. The van der Waals surface area contributed by atoms with E-state index in [0.717, 1.165) is 19.3 Å². The molecule has 2 heterocycles. The fourth-order valence-corrected chi connectivity index (χ4v) is 10.8. The van der Waals surface area contributed by atoms with E-state index < -0.39 is 40.7 Å². The van der Waals surface area contributed by atoms with Gasteiger partial charge in [-0.3, -0.25) is 4.79 Å². The SMILES string of the molecule is CC(=O)O[C@@H]1C[C@H](OC(=O)c2ccccc2)[C@@]2(C)[C@H]3[C@@H](OC[C@]13C)[C@@H](O)[C@@]1(C)C3=CC[C@@H](c4ccoc4)[C@]3(C)CC[C@@H]12. The average Bonchev–Trinajstić information content (AvgIpc) is 3.69. The van der Waals surface area contributed by atoms with Gasteiger partial charge in [-0.25, -0.2) is 4.79 Å². The van der Waals surface area contributed by atoms with Crippen LogP contribution < -0.4 is 0 Å². The van der Waals surface area contributed by atoms with Crippen LogP contribution >= 0.6 is 0 Å². The van der Waals surface area contributed by atoms with Gasteiger partial charge in [0.2, 0.25) is 0 Å². The zero-order valence-electron chi connectivity index (χ0n) is 25.2. The first-order valence-electron chi connectivity index (χ1n) is 15.4. The molecule has 0 bridgehead atoms. The van der Waals surface area contributed by atoms with Gasteiger partial charge >= 0.3 is 11.9 Å². The Hall–Kier alpha value is -2.90. The van der Waals surface area contributed by atoms with Crippen LogP contribution in [0.5, 0.6) is 0 Å². The molecule has 1 aromatic heterocycles. The van der Waals surface area contributed by atoms with E-state index >= 15 is 0 Å². The summed E-state index contributed by atoms with van der Waals surface area (Å²) in [5, 5.41) is 12.4. The molecule has 1 N–H and O–H groups in total. The molecule has 1 aromatic carbocycles. The second-order valence-electron chi connectivity index (χ2n) is 14.4. The van der Waals surface area contributed by atoms with Crippen molar-refractivity contribution in [2.75, 3.05) is 6.61 Å². The number of benzene rings is 1. The predicted molar refractivity (Wildman–Crippen MR) is 154 cm³/mol. The van der Waals surface area contributed by atoms with Crippen LogP contribution in [-0.4, -0.2) is 48.1 Å². The van der Waals surface area contributed by atoms with E-state index in [-0.39, 0.29) is 35.1 Å². The Labute approximate surface area is 247 Å². The van der Waals surface area contributed by atoms with Crippen molar-refractivity contribution in [1.82, 2.24) is 0 Å². The van der Waals surface area contributed by atoms with E-state index in [2.05, 4.69) is 39.8 Å². The molecule has 0 spiro atoms. The lowest BCUT2D eigenvalue weighted by molar-refractivity contribution is -0.257. The molecule has 1 aliphatic heterocycles. The van der Waals surface area contributed by atoms with Crippen molar-refractivity contribution in [3.8, 4) is 0 Å². The van der Waals surface area contributed by atoms with E-state index in [1.54, 1.807) is 18.4 Å². The smallest absolute Gasteiger partial charge is 0.338 e. The summed E-state index contributed by atoms with van der Waals surface area (Å²) in [6.45, 7) is 10.8. The molecule has 5 aliphatic rings. The predicted octanol–water partition coefficient (Wildman–Crippen LogP) is 6.08. The number of furan rings is 1. The summed E-state index contributed by atoms with van der Waals surface area (Å²) in [4.78, 5) is 25.9. The molecule has 4 fully saturated rings. The zero-order valence-corrected chi connectivity index (χ0v) is 25.2. The van der Waals surface area contributed by atoms with E-state index in [1.165, 1.54) is 18.1 Å². The van der Waals surface area contributed by atoms with Crippen LogP contribution in [0.2, 0.25) is 0 Å². The molecule has 224 valence electrons. The van der Waals surface area contributed by atoms with Crippen LogP contribution in [0.1, 0.15) is 82.1 Å². The van der Waals surface area contributed by atoms with Crippen molar-refractivity contribution in [2.24, 2.45) is 33.5 Å². The van der Waals surface area contributed by atoms with Gasteiger partial charge in [0, 0.05) is 35.5 Å². The van der Waals surface area contributed by atoms with Crippen LogP contribution in [0.15, 0.2) is 65.0 Å². The topological polar surface area (TPSA) is 95.2 Å². The molecule has 7 rings (SSSR count). The lowest BCUT2D eigenvalue weighted by atomic mass is 9.36. The van der Waals surface area contributed by atoms with Gasteiger partial charge in [-0.1, -0.05) is 57.5 Å². The van der Waals surface area contributed by atoms with Gasteiger partial charge < -0.3 is 23.7 Å². The number of rotatable bonds is 4. The van der Waals surface area contributed by atoms with Gasteiger partial charge in [0.05, 0.1) is 36.9 Å². The first-order valence-corrected chi connectivity index (χ1v) is 15.4. The summed E-state index contributed by atoms with van der Waals surface area (Å²) >= 11 is 0. The van der Waals surface area contributed by atoms with Crippen LogP contribution in [-0.2, 0) is 19.0 Å². The maximum atomic E-state index is 13.6. The van der Waals surface area contributed by atoms with Gasteiger partial charge in [0.15, 0.2) is 0 Å². The number of aliphatic hydroxyl groups excluding tert-OH is 1. The lowest BCUT2D eigenvalue weighted by Crippen LogP contribution is -2.73. The normalized spacial score (nSPS) is 45.3. The largest absolute Gasteiger partial charge is 0.472 e. The third kappa shape index (κ3) is 3.53. The standard InChI is InChI=1S/C35H42O7/c1-20(36)41-26-17-27(42-31(38)21-9-7-6-8-10-21)35(5)25-13-15-32(2)23(22-14-16-39-18-22)11-12-24(32)34(25,4)30(37)28-29(35)33(26,3)19-40-28/h6-10,12,14,16,18,23,25-30,37H,11,13,15,17,19H2,1-5H3/t23-,25-,26+,27-,28+,29-,30+,32-,33+,34-,35-/m0/s1. The molecule has 7 nitrogen and oxygen atoms in total. The van der Waals surface area contributed by atoms with Crippen molar-refractivity contribution in [1.29, 1.82) is 0 Å². The molecule has 0 amide bonds. The van der Waals surface area contributed by atoms with Crippen molar-refractivity contribution in [3.63, 3.8) is 0 Å². The number of hydrogen-bond acceptors (Lipinski definition) is 7. The second kappa shape index (κ2) is 9.30. The third-order valence-corrected chi connectivity index (χ3v) is 12.5. The lowest BCUT2D eigenvalue weighted by Gasteiger charge is -2.69. The Kier molecular flexibility index (Phi) is 6.18. The van der Waals surface area contributed by atoms with Gasteiger partial charge in [-0.2, -0.15) is 0 Å². The highest BCUT2D eigenvalue weighted by Crippen LogP contribution is 2.75. The van der Waals surface area contributed by atoms with E-state index in [0.29, 0.717) is 18.6 Å². The number of carbonyl (C=O) groups is 2. The fourth-order valence-electron chi connectivity index (χ4n) is 10.8. The zero-order chi connectivity index (χ0) is 29.7. The Morgan fingerprint density at radius 2 is 1.79 bits per heavy atom. The molecule has 2 aromatic rings. The van der Waals surface area contributed by atoms with Crippen LogP contribution in [0.3, 0.4) is 0 Å². The molecule has 0 unspecified atom stereocenters. The third-order valence-electron chi connectivity index (χ3n) is 12.5. The van der Waals surface area contributed by atoms with Crippen molar-refractivity contribution >= 4 is 11.9 Å². The van der Waals surface area contributed by atoms with Gasteiger partial charge in [-0.05, 0) is 60.3 Å². The number of fused-ring (bicyclic) bond motifs is 4. The van der Waals surface area contributed by atoms with Crippen LogP contribution in [0, 0.1) is 33.5 Å².